The van der Waals surface area contributed by atoms with Gasteiger partial charge in [0.25, 0.3) is 0 Å². The van der Waals surface area contributed by atoms with Crippen LogP contribution in [-0.2, 0) is 16.4 Å². The normalized spacial score (nSPS) is 19.9. The van der Waals surface area contributed by atoms with E-state index >= 15 is 0 Å². The molecule has 0 spiro atoms. The number of carbonyl (C=O) groups is 2. The van der Waals surface area contributed by atoms with Gasteiger partial charge >= 0.3 is 18.2 Å². The van der Waals surface area contributed by atoms with Gasteiger partial charge < -0.3 is 15.3 Å². The maximum Gasteiger partial charge on any atom is 0.416 e. The highest BCUT2D eigenvalue weighted by Crippen LogP contribution is 2.48. The lowest BCUT2D eigenvalue weighted by atomic mass is 9.94. The largest absolute Gasteiger partial charge is 0.481 e. The highest BCUT2D eigenvalue weighted by molar-refractivity contribution is 5.75. The maximum atomic E-state index is 12.7. The van der Waals surface area contributed by atoms with Gasteiger partial charge in [-0.05, 0) is 43.4 Å². The van der Waals surface area contributed by atoms with Gasteiger partial charge in [-0.25, -0.2) is 4.79 Å². The van der Waals surface area contributed by atoms with E-state index < -0.39 is 23.6 Å². The molecule has 26 heavy (non-hydrogen) atoms. The Kier molecular flexibility index (Phi) is 4.86. The lowest BCUT2D eigenvalue weighted by Gasteiger charge is -2.30. The molecule has 3 rings (SSSR count). The summed E-state index contributed by atoms with van der Waals surface area (Å²) in [7, 11) is 0. The van der Waals surface area contributed by atoms with E-state index in [0.29, 0.717) is 32.5 Å². The summed E-state index contributed by atoms with van der Waals surface area (Å²) in [5.74, 6) is -1.23. The molecule has 2 N–H and O–H groups in total. The zero-order chi connectivity index (χ0) is 18.9. The summed E-state index contributed by atoms with van der Waals surface area (Å²) in [5.41, 5.74) is -0.170. The fourth-order valence-corrected chi connectivity index (χ4v) is 3.42. The van der Waals surface area contributed by atoms with E-state index in [1.807, 2.05) is 0 Å². The highest BCUT2D eigenvalue weighted by atomic mass is 19.4. The zero-order valence-electron chi connectivity index (χ0n) is 14.2. The van der Waals surface area contributed by atoms with Gasteiger partial charge in [0.1, 0.15) is 0 Å². The first-order valence-corrected chi connectivity index (χ1v) is 8.65. The van der Waals surface area contributed by atoms with Crippen molar-refractivity contribution in [2.75, 3.05) is 19.6 Å². The molecule has 1 heterocycles. The Morgan fingerprint density at radius 2 is 1.73 bits per heavy atom. The molecule has 142 valence electrons. The van der Waals surface area contributed by atoms with Gasteiger partial charge in [0.15, 0.2) is 0 Å². The molecule has 0 aromatic heterocycles. The van der Waals surface area contributed by atoms with Crippen LogP contribution >= 0.6 is 0 Å². The number of aliphatic carboxylic acids is 1. The van der Waals surface area contributed by atoms with Crippen molar-refractivity contribution in [1.82, 2.24) is 10.2 Å². The number of nitrogens with one attached hydrogen (secondary N) is 1. The van der Waals surface area contributed by atoms with Crippen LogP contribution in [0.1, 0.15) is 36.8 Å². The molecule has 2 amide bonds. The Morgan fingerprint density at radius 1 is 1.15 bits per heavy atom. The van der Waals surface area contributed by atoms with Crippen LogP contribution in [0.4, 0.5) is 18.0 Å². The van der Waals surface area contributed by atoms with Crippen molar-refractivity contribution >= 4 is 12.0 Å². The van der Waals surface area contributed by atoms with Gasteiger partial charge in [-0.15, -0.1) is 0 Å². The molecule has 1 aromatic carbocycles. The minimum Gasteiger partial charge on any atom is -0.481 e. The number of urea groups is 1. The Bertz CT molecular complexity index is 676. The summed E-state index contributed by atoms with van der Waals surface area (Å²) in [6.45, 7) is 1.17. The predicted octanol–water partition coefficient (Wildman–Crippen LogP) is 3.24. The summed E-state index contributed by atoms with van der Waals surface area (Å²) in [6, 6.07) is 4.88. The summed E-state index contributed by atoms with van der Waals surface area (Å²) in [4.78, 5) is 24.8. The van der Waals surface area contributed by atoms with E-state index in [0.717, 1.165) is 30.5 Å². The standard InChI is InChI=1S/C18H21F3N2O3/c19-18(20,21)14-3-1-13(2-4-14)17(7-8-17)11-22-16(26)23-9-5-12(6-10-23)15(24)25/h1-4,12H,5-11H2,(H,22,26)(H,24,25). The highest BCUT2D eigenvalue weighted by Gasteiger charge is 2.45. The molecular weight excluding hydrogens is 349 g/mol. The van der Waals surface area contributed by atoms with Crippen LogP contribution in [0, 0.1) is 5.92 Å². The van der Waals surface area contributed by atoms with Gasteiger partial charge in [0, 0.05) is 25.0 Å². The number of amides is 2. The van der Waals surface area contributed by atoms with Gasteiger partial charge in [0.05, 0.1) is 11.5 Å². The Morgan fingerprint density at radius 3 is 2.19 bits per heavy atom. The number of halogens is 3. The average Bonchev–Trinajstić information content (AvgIpc) is 3.40. The molecule has 1 aromatic rings. The quantitative estimate of drug-likeness (QED) is 0.855. The summed E-state index contributed by atoms with van der Waals surface area (Å²) in [6.07, 6.45) is -1.84. The number of carbonyl (C=O) groups excluding carboxylic acids is 1. The Hall–Kier alpha value is -2.25. The number of alkyl halides is 3. The summed E-state index contributed by atoms with van der Waals surface area (Å²) < 4.78 is 38.0. The lowest BCUT2D eigenvalue weighted by molar-refractivity contribution is -0.143. The van der Waals surface area contributed by atoms with Gasteiger partial charge in [0.2, 0.25) is 0 Å². The van der Waals surface area contributed by atoms with E-state index in [2.05, 4.69) is 5.32 Å². The molecule has 1 saturated heterocycles. The van der Waals surface area contributed by atoms with Crippen molar-refractivity contribution in [3.05, 3.63) is 35.4 Å². The van der Waals surface area contributed by atoms with Crippen molar-refractivity contribution in [3.63, 3.8) is 0 Å². The number of carboxylic acid groups (broad SMARTS) is 1. The lowest BCUT2D eigenvalue weighted by Crippen LogP contribution is -2.47. The molecule has 8 heteroatoms. The maximum absolute atomic E-state index is 12.7. The third-order valence-corrected chi connectivity index (χ3v) is 5.39. The third kappa shape index (κ3) is 3.94. The number of hydrogen-bond acceptors (Lipinski definition) is 2. The second kappa shape index (κ2) is 6.81. The topological polar surface area (TPSA) is 69.6 Å². The van der Waals surface area contributed by atoms with Crippen LogP contribution in [0.2, 0.25) is 0 Å². The number of nitrogens with zero attached hydrogens (tertiary/aromatic N) is 1. The van der Waals surface area contributed by atoms with Crippen LogP contribution in [-0.4, -0.2) is 41.6 Å². The number of carboxylic acids is 1. The second-order valence-corrected chi connectivity index (χ2v) is 7.11. The third-order valence-electron chi connectivity index (χ3n) is 5.39. The summed E-state index contributed by atoms with van der Waals surface area (Å²) >= 11 is 0. The van der Waals surface area contributed by atoms with Crippen LogP contribution < -0.4 is 5.32 Å². The van der Waals surface area contributed by atoms with Gasteiger partial charge in [-0.3, -0.25) is 4.79 Å². The van der Waals surface area contributed by atoms with Crippen LogP contribution in [0.5, 0.6) is 0 Å². The SMILES string of the molecule is O=C(O)C1CCN(C(=O)NCC2(c3ccc(C(F)(F)F)cc3)CC2)CC1. The molecule has 2 aliphatic rings. The molecule has 1 saturated carbocycles. The predicted molar refractivity (Wildman–Crippen MR) is 87.7 cm³/mol. The first kappa shape index (κ1) is 18.5. The van der Waals surface area contributed by atoms with Gasteiger partial charge in [-0.1, -0.05) is 12.1 Å². The van der Waals surface area contributed by atoms with Crippen LogP contribution in [0.3, 0.4) is 0 Å². The molecular formula is C18H21F3N2O3. The minimum absolute atomic E-state index is 0.243. The number of benzene rings is 1. The summed E-state index contributed by atoms with van der Waals surface area (Å²) in [5, 5.41) is 11.8. The smallest absolute Gasteiger partial charge is 0.416 e. The van der Waals surface area contributed by atoms with Crippen molar-refractivity contribution in [2.24, 2.45) is 5.92 Å². The first-order valence-electron chi connectivity index (χ1n) is 8.65. The number of piperidine rings is 1. The molecule has 1 aliphatic heterocycles. The molecule has 0 bridgehead atoms. The van der Waals surface area contributed by atoms with E-state index in [1.165, 1.54) is 12.1 Å². The minimum atomic E-state index is -4.36. The number of likely N-dealkylation sites (tertiary alicyclic amines) is 1. The van der Waals surface area contributed by atoms with Crippen molar-refractivity contribution in [2.45, 2.75) is 37.3 Å². The monoisotopic (exact) mass is 370 g/mol. The number of rotatable bonds is 4. The molecule has 0 unspecified atom stereocenters. The Labute approximate surface area is 149 Å². The second-order valence-electron chi connectivity index (χ2n) is 7.11. The van der Waals surface area contributed by atoms with Crippen LogP contribution in [0.15, 0.2) is 24.3 Å². The molecule has 2 fully saturated rings. The molecule has 5 nitrogen and oxygen atoms in total. The average molecular weight is 370 g/mol. The van der Waals surface area contributed by atoms with E-state index in [-0.39, 0.29) is 11.4 Å². The molecule has 1 aliphatic carbocycles. The van der Waals surface area contributed by atoms with Crippen molar-refractivity contribution < 1.29 is 27.9 Å². The fraction of sp³-hybridized carbons (Fsp3) is 0.556. The van der Waals surface area contributed by atoms with Gasteiger partial charge in [-0.2, -0.15) is 13.2 Å². The first-order chi connectivity index (χ1) is 12.2. The van der Waals surface area contributed by atoms with Crippen molar-refractivity contribution in [1.29, 1.82) is 0 Å². The zero-order valence-corrected chi connectivity index (χ0v) is 14.2. The fourth-order valence-electron chi connectivity index (χ4n) is 3.42. The van der Waals surface area contributed by atoms with Crippen LogP contribution in [0.25, 0.3) is 0 Å². The molecule has 0 atom stereocenters. The van der Waals surface area contributed by atoms with E-state index in [1.54, 1.807) is 4.90 Å². The number of hydrogen-bond donors (Lipinski definition) is 2. The van der Waals surface area contributed by atoms with E-state index in [9.17, 15) is 22.8 Å². The van der Waals surface area contributed by atoms with Crippen molar-refractivity contribution in [3.8, 4) is 0 Å². The Balaban J connectivity index is 1.54. The molecule has 0 radical (unpaired) electrons. The van der Waals surface area contributed by atoms with E-state index in [4.69, 9.17) is 5.11 Å².